The molecule has 1 saturated carbocycles. The molecule has 0 radical (unpaired) electrons. The van der Waals surface area contributed by atoms with E-state index in [4.69, 9.17) is 0 Å². The van der Waals surface area contributed by atoms with Crippen LogP contribution in [-0.4, -0.2) is 46.0 Å². The molecular formula is C14H29N3O2S. The maximum atomic E-state index is 11.2. The van der Waals surface area contributed by atoms with Gasteiger partial charge in [-0.15, -0.1) is 0 Å². The summed E-state index contributed by atoms with van der Waals surface area (Å²) in [5, 5.41) is 6.62. The van der Waals surface area contributed by atoms with Gasteiger partial charge in [0.1, 0.15) is 9.84 Å². The minimum Gasteiger partial charge on any atom is -0.356 e. The van der Waals surface area contributed by atoms with Gasteiger partial charge in [-0.25, -0.2) is 8.42 Å². The van der Waals surface area contributed by atoms with Gasteiger partial charge in [0.2, 0.25) is 0 Å². The normalized spacial score (nSPS) is 20.7. The first kappa shape index (κ1) is 17.3. The number of guanidine groups is 1. The minimum atomic E-state index is -2.90. The third-order valence-corrected chi connectivity index (χ3v) is 5.00. The van der Waals surface area contributed by atoms with Crippen LogP contribution in [0.25, 0.3) is 0 Å². The van der Waals surface area contributed by atoms with Crippen molar-refractivity contribution in [3.05, 3.63) is 0 Å². The summed E-state index contributed by atoms with van der Waals surface area (Å²) in [5.41, 5.74) is 0.369. The van der Waals surface area contributed by atoms with Crippen LogP contribution in [0.4, 0.5) is 0 Å². The summed E-state index contributed by atoms with van der Waals surface area (Å²) in [6.07, 6.45) is 7.02. The number of nitrogens with one attached hydrogen (secondary N) is 2. The second-order valence-electron chi connectivity index (χ2n) is 6.41. The van der Waals surface area contributed by atoms with Gasteiger partial charge in [-0.1, -0.05) is 19.8 Å². The van der Waals surface area contributed by atoms with Crippen LogP contribution in [-0.2, 0) is 9.84 Å². The highest BCUT2D eigenvalue weighted by Crippen LogP contribution is 2.36. The second-order valence-corrected chi connectivity index (χ2v) is 8.67. The molecule has 1 fully saturated rings. The van der Waals surface area contributed by atoms with E-state index in [9.17, 15) is 8.42 Å². The molecular weight excluding hydrogens is 274 g/mol. The number of hydrogen-bond donors (Lipinski definition) is 2. The fraction of sp³-hybridized carbons (Fsp3) is 0.929. The highest BCUT2D eigenvalue weighted by molar-refractivity contribution is 7.90. The predicted octanol–water partition coefficient (Wildman–Crippen LogP) is 1.55. The van der Waals surface area contributed by atoms with E-state index >= 15 is 0 Å². The van der Waals surface area contributed by atoms with Crippen molar-refractivity contribution in [2.75, 3.05) is 25.6 Å². The largest absolute Gasteiger partial charge is 0.356 e. The van der Waals surface area contributed by atoms with E-state index in [-0.39, 0.29) is 11.8 Å². The molecule has 0 bridgehead atoms. The Hall–Kier alpha value is -0.780. The highest BCUT2D eigenvalue weighted by atomic mass is 32.2. The first-order valence-electron chi connectivity index (χ1n) is 7.39. The van der Waals surface area contributed by atoms with Crippen LogP contribution in [0.2, 0.25) is 0 Å². The Kier molecular flexibility index (Phi) is 6.30. The zero-order valence-corrected chi connectivity index (χ0v) is 14.0. The summed E-state index contributed by atoms with van der Waals surface area (Å²) >= 11 is 0. The molecule has 0 amide bonds. The highest BCUT2D eigenvalue weighted by Gasteiger charge is 2.28. The van der Waals surface area contributed by atoms with Crippen LogP contribution >= 0.6 is 0 Å². The zero-order valence-electron chi connectivity index (χ0n) is 13.2. The fourth-order valence-corrected chi connectivity index (χ4v) is 3.38. The molecule has 0 saturated heterocycles. The number of sulfone groups is 1. The molecule has 118 valence electrons. The van der Waals surface area contributed by atoms with Gasteiger partial charge in [0.25, 0.3) is 0 Å². The van der Waals surface area contributed by atoms with Gasteiger partial charge in [0.05, 0.1) is 5.75 Å². The van der Waals surface area contributed by atoms with Gasteiger partial charge in [-0.2, -0.15) is 0 Å². The smallest absolute Gasteiger partial charge is 0.191 e. The average Bonchev–Trinajstić information content (AvgIpc) is 2.78. The van der Waals surface area contributed by atoms with E-state index in [1.54, 1.807) is 7.05 Å². The lowest BCUT2D eigenvalue weighted by molar-refractivity contribution is 0.333. The summed E-state index contributed by atoms with van der Waals surface area (Å²) in [6.45, 7) is 5.22. The van der Waals surface area contributed by atoms with E-state index < -0.39 is 9.84 Å². The molecule has 1 atom stereocenters. The van der Waals surface area contributed by atoms with Crippen LogP contribution in [0.3, 0.4) is 0 Å². The topological polar surface area (TPSA) is 70.6 Å². The SMILES string of the molecule is CN=C(NCC1(C)CCCC1)NC(C)CCS(C)(=O)=O. The first-order valence-corrected chi connectivity index (χ1v) is 9.45. The van der Waals surface area contributed by atoms with Crippen LogP contribution < -0.4 is 10.6 Å². The summed E-state index contributed by atoms with van der Waals surface area (Å²) in [4.78, 5) is 4.21. The Bertz CT molecular complexity index is 426. The summed E-state index contributed by atoms with van der Waals surface area (Å²) in [7, 11) is -1.15. The molecule has 5 nitrogen and oxygen atoms in total. The molecule has 2 N–H and O–H groups in total. The molecule has 0 aromatic heterocycles. The molecule has 0 spiro atoms. The lowest BCUT2D eigenvalue weighted by Gasteiger charge is -2.26. The lowest BCUT2D eigenvalue weighted by atomic mass is 9.89. The summed E-state index contributed by atoms with van der Waals surface area (Å²) in [6, 6.07) is 0.0901. The van der Waals surface area contributed by atoms with Gasteiger partial charge in [0, 0.05) is 25.9 Å². The van der Waals surface area contributed by atoms with Crippen molar-refractivity contribution < 1.29 is 8.42 Å². The molecule has 1 aliphatic carbocycles. The van der Waals surface area contributed by atoms with Crippen molar-refractivity contribution in [3.8, 4) is 0 Å². The van der Waals surface area contributed by atoms with Crippen molar-refractivity contribution in [2.45, 2.75) is 52.0 Å². The Balaban J connectivity index is 2.35. The minimum absolute atomic E-state index is 0.0901. The van der Waals surface area contributed by atoms with Crippen molar-refractivity contribution >= 4 is 15.8 Å². The van der Waals surface area contributed by atoms with E-state index in [0.717, 1.165) is 12.5 Å². The van der Waals surface area contributed by atoms with Gasteiger partial charge in [0.15, 0.2) is 5.96 Å². The first-order chi connectivity index (χ1) is 9.24. The van der Waals surface area contributed by atoms with E-state index in [1.165, 1.54) is 31.9 Å². The van der Waals surface area contributed by atoms with Gasteiger partial charge in [-0.05, 0) is 31.6 Å². The predicted molar refractivity (Wildman–Crippen MR) is 84.9 cm³/mol. The maximum absolute atomic E-state index is 11.2. The monoisotopic (exact) mass is 303 g/mol. The van der Waals surface area contributed by atoms with Crippen LogP contribution in [0.5, 0.6) is 0 Å². The Morgan fingerprint density at radius 2 is 1.95 bits per heavy atom. The molecule has 0 aromatic carbocycles. The number of aliphatic imine (C=N–C) groups is 1. The summed E-state index contributed by atoms with van der Waals surface area (Å²) in [5.74, 6) is 0.967. The second kappa shape index (κ2) is 7.29. The molecule has 1 rings (SSSR count). The quantitative estimate of drug-likeness (QED) is 0.577. The zero-order chi connectivity index (χ0) is 15.2. The van der Waals surface area contributed by atoms with Crippen LogP contribution in [0.1, 0.15) is 46.0 Å². The number of rotatable bonds is 6. The summed E-state index contributed by atoms with van der Waals surface area (Å²) < 4.78 is 22.3. The van der Waals surface area contributed by atoms with Crippen LogP contribution in [0.15, 0.2) is 4.99 Å². The molecule has 0 aliphatic heterocycles. The molecule has 20 heavy (non-hydrogen) atoms. The Labute approximate surface area is 123 Å². The number of hydrogen-bond acceptors (Lipinski definition) is 3. The van der Waals surface area contributed by atoms with Gasteiger partial charge >= 0.3 is 0 Å². The number of nitrogens with zero attached hydrogens (tertiary/aromatic N) is 1. The Morgan fingerprint density at radius 1 is 1.35 bits per heavy atom. The standard InChI is InChI=1S/C14H29N3O2S/c1-12(7-10-20(4,18)19)17-13(15-3)16-11-14(2)8-5-6-9-14/h12H,5-11H2,1-4H3,(H2,15,16,17). The average molecular weight is 303 g/mol. The molecule has 1 aliphatic rings. The van der Waals surface area contributed by atoms with E-state index in [0.29, 0.717) is 11.8 Å². The van der Waals surface area contributed by atoms with Crippen molar-refractivity contribution in [3.63, 3.8) is 0 Å². The molecule has 0 aromatic rings. The van der Waals surface area contributed by atoms with Crippen LogP contribution in [0, 0.1) is 5.41 Å². The molecule has 1 unspecified atom stereocenters. The van der Waals surface area contributed by atoms with Crippen molar-refractivity contribution in [1.29, 1.82) is 0 Å². The molecule has 0 heterocycles. The van der Waals surface area contributed by atoms with Gasteiger partial charge < -0.3 is 10.6 Å². The van der Waals surface area contributed by atoms with E-state index in [1.807, 2.05) is 6.92 Å². The Morgan fingerprint density at radius 3 is 2.45 bits per heavy atom. The molecule has 6 heteroatoms. The maximum Gasteiger partial charge on any atom is 0.191 e. The van der Waals surface area contributed by atoms with Crippen molar-refractivity contribution in [1.82, 2.24) is 10.6 Å². The third kappa shape index (κ3) is 6.59. The van der Waals surface area contributed by atoms with Crippen molar-refractivity contribution in [2.24, 2.45) is 10.4 Å². The lowest BCUT2D eigenvalue weighted by Crippen LogP contribution is -2.45. The van der Waals surface area contributed by atoms with E-state index in [2.05, 4.69) is 22.5 Å². The third-order valence-electron chi connectivity index (χ3n) is 4.02. The fourth-order valence-electron chi connectivity index (χ4n) is 2.59. The van der Waals surface area contributed by atoms with Gasteiger partial charge in [-0.3, -0.25) is 4.99 Å².